The molecule has 0 aliphatic rings. The van der Waals surface area contributed by atoms with E-state index in [1.165, 1.54) is 12.1 Å². The zero-order chi connectivity index (χ0) is 18.1. The van der Waals surface area contributed by atoms with E-state index in [0.717, 1.165) is 11.3 Å². The molecule has 130 valence electrons. The Morgan fingerprint density at radius 3 is 2.62 bits per heavy atom. The first-order chi connectivity index (χ1) is 12.6. The quantitative estimate of drug-likeness (QED) is 0.589. The van der Waals surface area contributed by atoms with Gasteiger partial charge in [0.1, 0.15) is 5.82 Å². The Balaban J connectivity index is 0.00000210. The minimum absolute atomic E-state index is 0. The monoisotopic (exact) mass is 349 g/mol. The summed E-state index contributed by atoms with van der Waals surface area (Å²) in [4.78, 5) is 15.5. The SMILES string of the molecule is NC(=O)c1ccc(Nc2nc3cccc(-c4ccccc4)n3n2)cc1F.[HH]. The Morgan fingerprint density at radius 2 is 1.88 bits per heavy atom. The van der Waals surface area contributed by atoms with Gasteiger partial charge in [-0.25, -0.2) is 8.91 Å². The van der Waals surface area contributed by atoms with Crippen LogP contribution in [0.3, 0.4) is 0 Å². The number of halogens is 1. The lowest BCUT2D eigenvalue weighted by molar-refractivity contribution is 0.0996. The summed E-state index contributed by atoms with van der Waals surface area (Å²) in [6.45, 7) is 0. The van der Waals surface area contributed by atoms with Gasteiger partial charge >= 0.3 is 0 Å². The molecule has 0 unspecified atom stereocenters. The summed E-state index contributed by atoms with van der Waals surface area (Å²) in [5.41, 5.74) is 7.92. The number of hydrogen-bond donors (Lipinski definition) is 2. The number of rotatable bonds is 4. The molecule has 4 rings (SSSR count). The molecule has 0 saturated heterocycles. The molecule has 0 bridgehead atoms. The Hall–Kier alpha value is -3.74. The first-order valence-corrected chi connectivity index (χ1v) is 7.89. The molecule has 4 aromatic rings. The third-order valence-corrected chi connectivity index (χ3v) is 3.92. The van der Waals surface area contributed by atoms with Crippen LogP contribution in [-0.2, 0) is 0 Å². The second-order valence-electron chi connectivity index (χ2n) is 5.67. The molecule has 0 atom stereocenters. The van der Waals surface area contributed by atoms with Gasteiger partial charge in [0, 0.05) is 12.7 Å². The Morgan fingerprint density at radius 1 is 1.08 bits per heavy atom. The van der Waals surface area contributed by atoms with Crippen molar-refractivity contribution in [2.45, 2.75) is 0 Å². The number of pyridine rings is 1. The molecule has 2 heterocycles. The molecule has 0 aliphatic carbocycles. The van der Waals surface area contributed by atoms with Gasteiger partial charge in [-0.3, -0.25) is 4.79 Å². The van der Waals surface area contributed by atoms with E-state index in [2.05, 4.69) is 15.4 Å². The number of aromatic nitrogens is 3. The van der Waals surface area contributed by atoms with Crippen molar-refractivity contribution in [2.75, 3.05) is 5.32 Å². The molecule has 2 aromatic heterocycles. The lowest BCUT2D eigenvalue weighted by Gasteiger charge is -2.04. The van der Waals surface area contributed by atoms with Gasteiger partial charge in [0.15, 0.2) is 5.65 Å². The number of nitrogens with zero attached hydrogens (tertiary/aromatic N) is 3. The molecule has 0 aliphatic heterocycles. The number of nitrogens with one attached hydrogen (secondary N) is 1. The molecular weight excluding hydrogens is 333 g/mol. The fourth-order valence-electron chi connectivity index (χ4n) is 2.71. The predicted octanol–water partition coefficient (Wildman–Crippen LogP) is 3.62. The molecule has 3 N–H and O–H groups in total. The van der Waals surface area contributed by atoms with E-state index in [1.807, 2.05) is 48.5 Å². The average molecular weight is 349 g/mol. The Kier molecular flexibility index (Phi) is 3.81. The first kappa shape index (κ1) is 15.8. The van der Waals surface area contributed by atoms with Crippen molar-refractivity contribution in [1.82, 2.24) is 14.6 Å². The van der Waals surface area contributed by atoms with E-state index >= 15 is 0 Å². The minimum Gasteiger partial charge on any atom is -0.366 e. The zero-order valence-electron chi connectivity index (χ0n) is 13.6. The van der Waals surface area contributed by atoms with Gasteiger partial charge in [-0.1, -0.05) is 36.4 Å². The standard InChI is InChI=1S/C19H14FN5O.H2/c20-15-11-13(9-10-14(15)18(21)26)22-19-23-17-8-4-7-16(25(17)24-19)12-5-2-1-3-6-12;/h1-11H,(H2,21,26)(H,22,24);1H. The maximum atomic E-state index is 13.9. The normalized spacial score (nSPS) is 10.8. The largest absolute Gasteiger partial charge is 0.366 e. The molecule has 7 heteroatoms. The van der Waals surface area contributed by atoms with E-state index in [9.17, 15) is 9.18 Å². The number of amides is 1. The predicted molar refractivity (Wildman–Crippen MR) is 98.7 cm³/mol. The van der Waals surface area contributed by atoms with Crippen LogP contribution < -0.4 is 11.1 Å². The fraction of sp³-hybridized carbons (Fsp3) is 0. The van der Waals surface area contributed by atoms with Crippen molar-refractivity contribution in [1.29, 1.82) is 0 Å². The average Bonchev–Trinajstić information content (AvgIpc) is 3.04. The van der Waals surface area contributed by atoms with Gasteiger partial charge in [-0.2, -0.15) is 4.98 Å². The summed E-state index contributed by atoms with van der Waals surface area (Å²) < 4.78 is 15.6. The van der Waals surface area contributed by atoms with Crippen LogP contribution in [0.2, 0.25) is 0 Å². The third kappa shape index (κ3) is 2.86. The molecule has 26 heavy (non-hydrogen) atoms. The van der Waals surface area contributed by atoms with E-state index in [-0.39, 0.29) is 6.99 Å². The molecular formula is C19H16FN5O. The minimum atomic E-state index is -0.813. The smallest absolute Gasteiger partial charge is 0.251 e. The second-order valence-corrected chi connectivity index (χ2v) is 5.67. The number of carbonyl (C=O) groups is 1. The fourth-order valence-corrected chi connectivity index (χ4v) is 2.71. The molecule has 1 amide bonds. The Bertz CT molecular complexity index is 1110. The highest BCUT2D eigenvalue weighted by atomic mass is 19.1. The summed E-state index contributed by atoms with van der Waals surface area (Å²) in [5, 5.41) is 7.40. The number of primary amides is 1. The highest BCUT2D eigenvalue weighted by molar-refractivity contribution is 5.93. The number of nitrogens with two attached hydrogens (primary N) is 1. The van der Waals surface area contributed by atoms with Gasteiger partial charge in [0.25, 0.3) is 5.91 Å². The zero-order valence-corrected chi connectivity index (χ0v) is 13.6. The number of carbonyl (C=O) groups excluding carboxylic acids is 1. The maximum absolute atomic E-state index is 13.9. The van der Waals surface area contributed by atoms with Crippen molar-refractivity contribution in [2.24, 2.45) is 5.73 Å². The van der Waals surface area contributed by atoms with E-state index < -0.39 is 11.7 Å². The van der Waals surface area contributed by atoms with Gasteiger partial charge < -0.3 is 11.1 Å². The van der Waals surface area contributed by atoms with Gasteiger partial charge in [-0.05, 0) is 30.3 Å². The van der Waals surface area contributed by atoms with Crippen LogP contribution in [0.4, 0.5) is 16.0 Å². The van der Waals surface area contributed by atoms with Gasteiger partial charge in [-0.15, -0.1) is 5.10 Å². The van der Waals surface area contributed by atoms with Crippen LogP contribution >= 0.6 is 0 Å². The van der Waals surface area contributed by atoms with Crippen molar-refractivity contribution < 1.29 is 10.6 Å². The topological polar surface area (TPSA) is 85.3 Å². The Labute approximate surface area is 149 Å². The van der Waals surface area contributed by atoms with Gasteiger partial charge in [0.2, 0.25) is 5.95 Å². The van der Waals surface area contributed by atoms with Crippen LogP contribution in [0.5, 0.6) is 0 Å². The van der Waals surface area contributed by atoms with Crippen LogP contribution in [0.25, 0.3) is 16.9 Å². The third-order valence-electron chi connectivity index (χ3n) is 3.92. The lowest BCUT2D eigenvalue weighted by atomic mass is 10.1. The highest BCUT2D eigenvalue weighted by Gasteiger charge is 2.11. The van der Waals surface area contributed by atoms with Crippen LogP contribution in [0, 0.1) is 5.82 Å². The molecule has 2 aromatic carbocycles. The molecule has 0 saturated carbocycles. The summed E-state index contributed by atoms with van der Waals surface area (Å²) in [6, 6.07) is 19.6. The second kappa shape index (κ2) is 6.29. The van der Waals surface area contributed by atoms with Crippen molar-refractivity contribution >= 4 is 23.2 Å². The van der Waals surface area contributed by atoms with E-state index in [0.29, 0.717) is 17.3 Å². The number of hydrogen-bond acceptors (Lipinski definition) is 4. The number of benzene rings is 2. The van der Waals surface area contributed by atoms with Crippen LogP contribution in [0.1, 0.15) is 11.8 Å². The molecule has 6 nitrogen and oxygen atoms in total. The van der Waals surface area contributed by atoms with Crippen LogP contribution in [-0.4, -0.2) is 20.5 Å². The van der Waals surface area contributed by atoms with E-state index in [1.54, 1.807) is 10.6 Å². The van der Waals surface area contributed by atoms with Crippen molar-refractivity contribution in [3.63, 3.8) is 0 Å². The van der Waals surface area contributed by atoms with Crippen molar-refractivity contribution in [3.05, 3.63) is 78.1 Å². The lowest BCUT2D eigenvalue weighted by Crippen LogP contribution is -2.13. The maximum Gasteiger partial charge on any atom is 0.251 e. The first-order valence-electron chi connectivity index (χ1n) is 7.89. The summed E-state index contributed by atoms with van der Waals surface area (Å²) in [5.74, 6) is -1.19. The summed E-state index contributed by atoms with van der Waals surface area (Å²) in [7, 11) is 0. The van der Waals surface area contributed by atoms with Crippen LogP contribution in [0.15, 0.2) is 66.7 Å². The molecule has 0 fully saturated rings. The van der Waals surface area contributed by atoms with E-state index in [4.69, 9.17) is 5.73 Å². The highest BCUT2D eigenvalue weighted by Crippen LogP contribution is 2.22. The van der Waals surface area contributed by atoms with Crippen molar-refractivity contribution in [3.8, 4) is 11.3 Å². The molecule has 0 spiro atoms. The summed E-state index contributed by atoms with van der Waals surface area (Å²) in [6.07, 6.45) is 0. The van der Waals surface area contributed by atoms with Gasteiger partial charge in [0.05, 0.1) is 11.3 Å². The number of anilines is 2. The summed E-state index contributed by atoms with van der Waals surface area (Å²) >= 11 is 0. The number of fused-ring (bicyclic) bond motifs is 1. The molecule has 0 radical (unpaired) electrons.